The summed E-state index contributed by atoms with van der Waals surface area (Å²) in [7, 11) is -33.4. The van der Waals surface area contributed by atoms with Gasteiger partial charge >= 0.3 is 0 Å². The number of nitrogens with zero attached hydrogens (tertiary/aromatic N) is 1. The van der Waals surface area contributed by atoms with Gasteiger partial charge in [-0.2, -0.15) is 3.71 Å². The predicted molar refractivity (Wildman–Crippen MR) is 472 cm³/mol. The summed E-state index contributed by atoms with van der Waals surface area (Å²) in [5, 5.41) is 5.85. The van der Waals surface area contributed by atoms with E-state index in [2.05, 4.69) is 130 Å². The first-order chi connectivity index (χ1) is 52.3. The highest BCUT2D eigenvalue weighted by Crippen LogP contribution is 2.42. The first-order valence-corrected chi connectivity index (χ1v) is 52.8. The maximum atomic E-state index is 13.6. The van der Waals surface area contributed by atoms with Crippen LogP contribution in [0.15, 0.2) is 251 Å². The van der Waals surface area contributed by atoms with Gasteiger partial charge in [0.1, 0.15) is 14.7 Å². The number of nitrogens with one attached hydrogen (secondary N) is 4. The van der Waals surface area contributed by atoms with E-state index in [0.29, 0.717) is 23.6 Å². The Morgan fingerprint density at radius 2 is 0.553 bits per heavy atom. The molecule has 9 aromatic rings. The zero-order valence-electron chi connectivity index (χ0n) is 69.2. The van der Waals surface area contributed by atoms with E-state index in [1.807, 2.05) is 140 Å². The number of nitrogens with two attached hydrogens (primary N) is 1. The van der Waals surface area contributed by atoms with Gasteiger partial charge < -0.3 is 19.0 Å². The molecule has 0 saturated heterocycles. The number of nitrogen functional groups attached to an aromatic ring is 1. The third kappa shape index (κ3) is 23.7. The molecule has 0 aliphatic rings. The average molecular weight is 1720 g/mol. The van der Waals surface area contributed by atoms with Crippen molar-refractivity contribution in [3.05, 3.63) is 253 Å². The van der Waals surface area contributed by atoms with E-state index in [9.17, 15) is 50.5 Å². The van der Waals surface area contributed by atoms with Crippen LogP contribution in [0.2, 0.25) is 15.1 Å². The molecule has 0 aliphatic carbocycles. The quantitative estimate of drug-likeness (QED) is 0.0248. The average Bonchev–Trinajstić information content (AvgIpc) is 0.759. The topological polar surface area (TPSA) is 310 Å². The van der Waals surface area contributed by atoms with E-state index in [0.717, 1.165) is 32.6 Å². The molecule has 21 nitrogen and oxygen atoms in total. The van der Waals surface area contributed by atoms with E-state index in [-0.39, 0.29) is 59.8 Å². The minimum absolute atomic E-state index is 0.0106. The molecule has 0 atom stereocenters. The molecule has 9 aromatic carbocycles. The van der Waals surface area contributed by atoms with Gasteiger partial charge in [0.05, 0.1) is 55.7 Å². The summed E-state index contributed by atoms with van der Waals surface area (Å²) in [5.41, 5.74) is 5.28. The molecule has 0 aliphatic heterocycles. The molecule has 114 heavy (non-hydrogen) atoms. The summed E-state index contributed by atoms with van der Waals surface area (Å²) in [6.45, 7) is 35.4. The van der Waals surface area contributed by atoms with Gasteiger partial charge in [-0.1, -0.05) is 263 Å². The van der Waals surface area contributed by atoms with E-state index in [1.165, 1.54) is 40.7 Å². The van der Waals surface area contributed by atoms with E-state index >= 15 is 0 Å². The zero-order chi connectivity index (χ0) is 85.4. The van der Waals surface area contributed by atoms with Crippen molar-refractivity contribution in [3.8, 4) is 0 Å². The molecule has 0 spiro atoms. The van der Waals surface area contributed by atoms with Gasteiger partial charge in [-0.3, -0.25) is 4.72 Å². The second-order valence-electron chi connectivity index (χ2n) is 34.5. The van der Waals surface area contributed by atoms with Crippen molar-refractivity contribution in [1.82, 2.24) is 14.2 Å². The molecule has 0 fully saturated rings. The van der Waals surface area contributed by atoms with E-state index in [1.54, 1.807) is 80.5 Å². The Bertz CT molecular complexity index is 5350. The summed E-state index contributed by atoms with van der Waals surface area (Å²) in [6.07, 6.45) is 2.41. The van der Waals surface area contributed by atoms with Crippen LogP contribution in [0.3, 0.4) is 0 Å². The molecule has 0 bridgehead atoms. The van der Waals surface area contributed by atoms with Crippen LogP contribution in [0.5, 0.6) is 0 Å². The molecule has 618 valence electrons. The molecule has 0 aromatic heterocycles. The summed E-state index contributed by atoms with van der Waals surface area (Å²) in [6, 6.07) is 74.6. The Morgan fingerprint density at radius 3 is 0.807 bits per heavy atom. The van der Waals surface area contributed by atoms with Gasteiger partial charge in [-0.05, 0) is 162 Å². The maximum Gasteiger partial charge on any atom is 0.261 e. The van der Waals surface area contributed by atoms with Crippen LogP contribution in [-0.2, 0) is 93.2 Å². The van der Waals surface area contributed by atoms with Gasteiger partial charge in [0.15, 0.2) is 0 Å². The molecule has 0 radical (unpaired) electrons. The minimum Gasteiger partial charge on any atom is -0.403 e. The normalized spacial score (nSPS) is 13.4. The number of benzene rings is 9. The molecule has 0 heterocycles. The Morgan fingerprint density at radius 1 is 0.316 bits per heavy atom. The van der Waals surface area contributed by atoms with Gasteiger partial charge in [0, 0.05) is 16.6 Å². The first-order valence-electron chi connectivity index (χ1n) is 37.0. The van der Waals surface area contributed by atoms with Crippen LogP contribution in [0.4, 0.5) is 17.1 Å². The van der Waals surface area contributed by atoms with Crippen molar-refractivity contribution >= 4 is 133 Å². The fourth-order valence-electron chi connectivity index (χ4n) is 13.9. The molecule has 0 unspecified atom stereocenters. The highest BCUT2D eigenvalue weighted by atomic mass is 32.3. The highest BCUT2D eigenvalue weighted by Gasteiger charge is 2.53. The number of sulfonamides is 6. The molecular formula is C84H114N6O15S6Si3. The standard InChI is InChI=1S/C29H40N2O7S3Si.C28H38N2O5S2Si.C27H36N2O3SSi/c1-28(2,3)30-41(36,37)27-21-23(19-20-26(27)31(39(7,32)33)40(8,34)35)22-38-42(29(4,5)6,24-15-11-9-12-16-24)25-17-13-10-14-18-25;1-27(2,3)30-37(33,34)26-20-22(18-19-25(26)29-36(7,31)32)21-35-38(28(4,5)6,23-14-10-8-11-15-23)24-16-12-9-13-17-24;1-26(2,3)29-33(30,31)25-19-21(17-18-24(25)28)20-32-34(27(4,5)6,22-13-9-7-10-14-22)23-15-11-8-12-16-23/h9-21,30H,22H2,1-8H3;8-20,29-30H,21H2,1-7H3;7-19,29H,20,28H2,1-6H3. The lowest BCUT2D eigenvalue weighted by molar-refractivity contribution is 0.286. The third-order valence-electron chi connectivity index (χ3n) is 18.0. The van der Waals surface area contributed by atoms with Gasteiger partial charge in [-0.25, -0.2) is 64.7 Å². The van der Waals surface area contributed by atoms with Crippen LogP contribution in [0.25, 0.3) is 0 Å². The second-order valence-corrected chi connectivity index (χ2v) is 58.0. The molecule has 0 saturated carbocycles. The smallest absolute Gasteiger partial charge is 0.261 e. The summed E-state index contributed by atoms with van der Waals surface area (Å²) < 4.78 is 185. The molecule has 0 amide bonds. The number of hydrogen-bond donors (Lipinski definition) is 5. The molecule has 9 rings (SSSR count). The SMILES string of the molecule is CC(C)(C)NS(=O)(=O)c1cc(CO[Si](c2ccccc2)(c2ccccc2)C(C)(C)C)ccc1N.CC(C)(C)NS(=O)(=O)c1cc(CO[Si](c2ccccc2)(c2ccccc2)C(C)(C)C)ccc1N(S(C)(=O)=O)S(C)(=O)=O.CC(C)(C)NS(=O)(=O)c1cc(CO[Si](c2ccccc2)(c2ccccc2)C(C)(C)C)ccc1NS(C)(=O)=O. The maximum absolute atomic E-state index is 13.6. The lowest BCUT2D eigenvalue weighted by Gasteiger charge is -2.43. The lowest BCUT2D eigenvalue weighted by atomic mass is 10.1. The van der Waals surface area contributed by atoms with Crippen molar-refractivity contribution in [2.45, 2.75) is 191 Å². The molecular weight excluding hydrogens is 1610 g/mol. The van der Waals surface area contributed by atoms with Crippen LogP contribution < -0.4 is 59.5 Å². The number of rotatable bonds is 26. The Hall–Kier alpha value is -7.51. The van der Waals surface area contributed by atoms with Crippen molar-refractivity contribution < 1.29 is 63.8 Å². The monoisotopic (exact) mass is 1720 g/mol. The third-order valence-corrected chi connectivity index (χ3v) is 42.2. The van der Waals surface area contributed by atoms with Crippen molar-refractivity contribution in [1.29, 1.82) is 0 Å². The fraction of sp³-hybridized carbons (Fsp3) is 0.357. The summed E-state index contributed by atoms with van der Waals surface area (Å²) >= 11 is 0. The Labute approximate surface area is 683 Å². The van der Waals surface area contributed by atoms with Crippen LogP contribution >= 0.6 is 0 Å². The van der Waals surface area contributed by atoms with E-state index in [4.69, 9.17) is 19.0 Å². The fourth-order valence-corrected chi connectivity index (χ4v) is 36.2. The highest BCUT2D eigenvalue weighted by molar-refractivity contribution is 8.09. The summed E-state index contributed by atoms with van der Waals surface area (Å²) in [4.78, 5) is -0.566. The predicted octanol–water partition coefficient (Wildman–Crippen LogP) is 12.2. The van der Waals surface area contributed by atoms with Gasteiger partial charge in [-0.15, -0.1) is 0 Å². The van der Waals surface area contributed by atoms with Crippen molar-refractivity contribution in [2.75, 3.05) is 32.9 Å². The lowest BCUT2D eigenvalue weighted by Crippen LogP contribution is -2.66. The molecule has 6 N–H and O–H groups in total. The zero-order valence-corrected chi connectivity index (χ0v) is 77.1. The van der Waals surface area contributed by atoms with Crippen LogP contribution in [0.1, 0.15) is 141 Å². The van der Waals surface area contributed by atoms with Gasteiger partial charge in [0.2, 0.25) is 60.1 Å². The first kappa shape index (κ1) is 93.6. The molecule has 30 heteroatoms. The Balaban J connectivity index is 0.000000238. The largest absolute Gasteiger partial charge is 0.403 e. The van der Waals surface area contributed by atoms with Gasteiger partial charge in [0.25, 0.3) is 25.0 Å². The Kier molecular flexibility index (Phi) is 29.4. The number of hydrogen-bond acceptors (Lipinski definition) is 16. The summed E-state index contributed by atoms with van der Waals surface area (Å²) in [5.74, 6) is 0. The minimum atomic E-state index is -4.41. The van der Waals surface area contributed by atoms with Crippen molar-refractivity contribution in [3.63, 3.8) is 0 Å². The van der Waals surface area contributed by atoms with Crippen LogP contribution in [-0.4, -0.2) is 111 Å². The van der Waals surface area contributed by atoms with Crippen molar-refractivity contribution in [2.24, 2.45) is 0 Å². The number of anilines is 3. The van der Waals surface area contributed by atoms with Crippen LogP contribution in [0, 0.1) is 0 Å². The van der Waals surface area contributed by atoms with E-state index < -0.39 is 112 Å². The second kappa shape index (κ2) is 35.8.